The van der Waals surface area contributed by atoms with Crippen molar-refractivity contribution < 1.29 is 4.79 Å². The van der Waals surface area contributed by atoms with Gasteiger partial charge in [0.1, 0.15) is 0 Å². The van der Waals surface area contributed by atoms with Crippen LogP contribution in [0.5, 0.6) is 0 Å². The number of amides is 1. The van der Waals surface area contributed by atoms with E-state index in [9.17, 15) is 4.79 Å². The minimum Gasteiger partial charge on any atom is -0.338 e. The highest BCUT2D eigenvalue weighted by Gasteiger charge is 2.22. The van der Waals surface area contributed by atoms with Crippen LogP contribution in [0.1, 0.15) is 38.3 Å². The summed E-state index contributed by atoms with van der Waals surface area (Å²) in [6.07, 6.45) is 5.11. The van der Waals surface area contributed by atoms with E-state index in [1.165, 1.54) is 0 Å². The molecular formula is C13H21N3O. The zero-order chi connectivity index (χ0) is 12.8. The zero-order valence-corrected chi connectivity index (χ0v) is 10.8. The molecule has 0 aliphatic heterocycles. The number of aromatic nitrogens is 1. The maximum atomic E-state index is 12.0. The lowest BCUT2D eigenvalue weighted by molar-refractivity contribution is -0.133. The van der Waals surface area contributed by atoms with Crippen LogP contribution in [0.4, 0.5) is 0 Å². The average molecular weight is 235 g/mol. The van der Waals surface area contributed by atoms with Crippen molar-refractivity contribution >= 4 is 5.91 Å². The Morgan fingerprint density at radius 2 is 2.06 bits per heavy atom. The van der Waals surface area contributed by atoms with Gasteiger partial charge in [0.15, 0.2) is 0 Å². The van der Waals surface area contributed by atoms with Gasteiger partial charge >= 0.3 is 0 Å². The van der Waals surface area contributed by atoms with Crippen molar-refractivity contribution in [2.24, 2.45) is 5.73 Å². The molecule has 17 heavy (non-hydrogen) atoms. The first-order valence-electron chi connectivity index (χ1n) is 6.00. The molecule has 4 nitrogen and oxygen atoms in total. The van der Waals surface area contributed by atoms with Crippen molar-refractivity contribution in [2.75, 3.05) is 7.05 Å². The summed E-state index contributed by atoms with van der Waals surface area (Å²) in [7, 11) is 1.79. The molecule has 2 atom stereocenters. The van der Waals surface area contributed by atoms with Crippen molar-refractivity contribution in [2.45, 2.75) is 38.8 Å². The molecule has 0 aliphatic rings. The number of nitrogens with two attached hydrogens (primary N) is 1. The fourth-order valence-corrected chi connectivity index (χ4v) is 1.75. The number of rotatable bonds is 5. The minimum atomic E-state index is -0.394. The van der Waals surface area contributed by atoms with Crippen LogP contribution in [0.3, 0.4) is 0 Å². The first-order valence-corrected chi connectivity index (χ1v) is 6.00. The molecule has 0 fully saturated rings. The molecule has 94 valence electrons. The van der Waals surface area contributed by atoms with Gasteiger partial charge in [-0.05, 0) is 31.0 Å². The summed E-state index contributed by atoms with van der Waals surface area (Å²) in [5.41, 5.74) is 6.91. The molecule has 1 heterocycles. The van der Waals surface area contributed by atoms with Gasteiger partial charge in [-0.2, -0.15) is 0 Å². The summed E-state index contributed by atoms with van der Waals surface area (Å²) in [6, 6.07) is 3.46. The molecule has 0 aliphatic carbocycles. The molecular weight excluding hydrogens is 214 g/mol. The quantitative estimate of drug-likeness (QED) is 0.845. The van der Waals surface area contributed by atoms with Crippen molar-refractivity contribution in [1.82, 2.24) is 9.88 Å². The van der Waals surface area contributed by atoms with Gasteiger partial charge in [0, 0.05) is 19.4 Å². The number of carbonyl (C=O) groups is 1. The number of carbonyl (C=O) groups excluding carboxylic acids is 1. The summed E-state index contributed by atoms with van der Waals surface area (Å²) >= 11 is 0. The third kappa shape index (κ3) is 3.53. The molecule has 0 saturated carbocycles. The number of hydrogen-bond donors (Lipinski definition) is 1. The van der Waals surface area contributed by atoms with Crippen LogP contribution >= 0.6 is 0 Å². The topological polar surface area (TPSA) is 59.2 Å². The molecule has 1 rings (SSSR count). The third-order valence-electron chi connectivity index (χ3n) is 3.03. The van der Waals surface area contributed by atoms with Crippen LogP contribution < -0.4 is 5.73 Å². The Balaban J connectivity index is 2.70. The van der Waals surface area contributed by atoms with E-state index in [1.807, 2.05) is 26.0 Å². The van der Waals surface area contributed by atoms with Gasteiger partial charge in [0.2, 0.25) is 5.91 Å². The minimum absolute atomic E-state index is 0.00355. The fraction of sp³-hybridized carbons (Fsp3) is 0.538. The number of nitrogens with zero attached hydrogens (tertiary/aromatic N) is 2. The average Bonchev–Trinajstić information content (AvgIpc) is 2.37. The molecule has 1 aromatic heterocycles. The van der Waals surface area contributed by atoms with E-state index in [0.717, 1.165) is 18.4 Å². The molecule has 1 amide bonds. The Hall–Kier alpha value is -1.42. The summed E-state index contributed by atoms with van der Waals surface area (Å²) in [5.74, 6) is -0.00355. The van der Waals surface area contributed by atoms with Crippen LogP contribution in [-0.4, -0.2) is 28.9 Å². The highest BCUT2D eigenvalue weighted by atomic mass is 16.2. The predicted molar refractivity (Wildman–Crippen MR) is 68.3 cm³/mol. The van der Waals surface area contributed by atoms with Crippen molar-refractivity contribution in [3.63, 3.8) is 0 Å². The normalized spacial score (nSPS) is 14.1. The second-order valence-electron chi connectivity index (χ2n) is 4.30. The lowest BCUT2D eigenvalue weighted by Gasteiger charge is -2.27. The van der Waals surface area contributed by atoms with Gasteiger partial charge in [-0.25, -0.2) is 0 Å². The Morgan fingerprint density at radius 3 is 2.59 bits per heavy atom. The molecule has 2 N–H and O–H groups in total. The second-order valence-corrected chi connectivity index (χ2v) is 4.30. The predicted octanol–water partition coefficient (Wildman–Crippen LogP) is 1.73. The number of likely N-dealkylation sites (N-methyl/N-ethyl adjacent to an activating group) is 1. The molecule has 4 heteroatoms. The van der Waals surface area contributed by atoms with E-state index in [-0.39, 0.29) is 11.9 Å². The van der Waals surface area contributed by atoms with E-state index in [0.29, 0.717) is 0 Å². The fourth-order valence-electron chi connectivity index (χ4n) is 1.75. The molecule has 0 radical (unpaired) electrons. The van der Waals surface area contributed by atoms with Gasteiger partial charge in [0.05, 0.1) is 12.1 Å². The Morgan fingerprint density at radius 1 is 1.47 bits per heavy atom. The monoisotopic (exact) mass is 235 g/mol. The lowest BCUT2D eigenvalue weighted by Crippen LogP contribution is -2.42. The van der Waals surface area contributed by atoms with E-state index < -0.39 is 6.04 Å². The maximum Gasteiger partial charge on any atom is 0.239 e. The van der Waals surface area contributed by atoms with Gasteiger partial charge in [0.25, 0.3) is 0 Å². The second kappa shape index (κ2) is 6.35. The van der Waals surface area contributed by atoms with E-state index in [2.05, 4.69) is 4.98 Å². The number of pyridine rings is 1. The summed E-state index contributed by atoms with van der Waals surface area (Å²) < 4.78 is 0. The first kappa shape index (κ1) is 13.6. The standard InChI is InChI=1S/C13H21N3O/c1-4-5-12(14)13(17)16(3)10(2)11-6-8-15-9-7-11/h6-10,12H,4-5,14H2,1-3H3/t10?,12-/m1/s1. The zero-order valence-electron chi connectivity index (χ0n) is 10.8. The van der Waals surface area contributed by atoms with Gasteiger partial charge in [-0.1, -0.05) is 13.3 Å². The summed E-state index contributed by atoms with van der Waals surface area (Å²) in [4.78, 5) is 17.7. The van der Waals surface area contributed by atoms with Gasteiger partial charge in [-0.15, -0.1) is 0 Å². The highest BCUT2D eigenvalue weighted by molar-refractivity contribution is 5.81. The van der Waals surface area contributed by atoms with E-state index in [4.69, 9.17) is 5.73 Å². The van der Waals surface area contributed by atoms with E-state index >= 15 is 0 Å². The van der Waals surface area contributed by atoms with Gasteiger partial charge < -0.3 is 10.6 Å². The van der Waals surface area contributed by atoms with E-state index in [1.54, 1.807) is 24.3 Å². The van der Waals surface area contributed by atoms with Crippen molar-refractivity contribution in [3.05, 3.63) is 30.1 Å². The van der Waals surface area contributed by atoms with Crippen LogP contribution in [0.25, 0.3) is 0 Å². The molecule has 0 bridgehead atoms. The maximum absolute atomic E-state index is 12.0. The first-order chi connectivity index (χ1) is 8.07. The Labute approximate surface area is 103 Å². The molecule has 0 spiro atoms. The van der Waals surface area contributed by atoms with Crippen molar-refractivity contribution in [1.29, 1.82) is 0 Å². The van der Waals surface area contributed by atoms with Crippen LogP contribution in [-0.2, 0) is 4.79 Å². The van der Waals surface area contributed by atoms with Gasteiger partial charge in [-0.3, -0.25) is 9.78 Å². The van der Waals surface area contributed by atoms with Crippen LogP contribution in [0, 0.1) is 0 Å². The lowest BCUT2D eigenvalue weighted by atomic mass is 10.1. The largest absolute Gasteiger partial charge is 0.338 e. The molecule has 1 aromatic rings. The summed E-state index contributed by atoms with van der Waals surface area (Å²) in [6.45, 7) is 4.02. The molecule has 1 unspecified atom stereocenters. The smallest absolute Gasteiger partial charge is 0.239 e. The Kier molecular flexibility index (Phi) is 5.10. The Bertz CT molecular complexity index is 353. The van der Waals surface area contributed by atoms with Crippen LogP contribution in [0.2, 0.25) is 0 Å². The third-order valence-corrected chi connectivity index (χ3v) is 3.03. The molecule has 0 aromatic carbocycles. The molecule has 0 saturated heterocycles. The van der Waals surface area contributed by atoms with Crippen LogP contribution in [0.15, 0.2) is 24.5 Å². The number of hydrogen-bond acceptors (Lipinski definition) is 3. The summed E-state index contributed by atoms with van der Waals surface area (Å²) in [5, 5.41) is 0. The van der Waals surface area contributed by atoms with Crippen molar-refractivity contribution in [3.8, 4) is 0 Å². The highest BCUT2D eigenvalue weighted by Crippen LogP contribution is 2.18. The SMILES string of the molecule is CCC[C@@H](N)C(=O)N(C)C(C)c1ccncc1.